The van der Waals surface area contributed by atoms with Gasteiger partial charge in [0.1, 0.15) is 5.15 Å². The summed E-state index contributed by atoms with van der Waals surface area (Å²) in [5.41, 5.74) is 11.1. The van der Waals surface area contributed by atoms with E-state index in [-0.39, 0.29) is 10.6 Å². The molecule has 0 aliphatic heterocycles. The van der Waals surface area contributed by atoms with Crippen LogP contribution in [0.5, 0.6) is 0 Å². The summed E-state index contributed by atoms with van der Waals surface area (Å²) in [4.78, 5) is 20.3. The Morgan fingerprint density at radius 3 is 1.54 bits per heavy atom. The Bertz CT molecular complexity index is 3530. The minimum absolute atomic E-state index is 0.179. The smallest absolute Gasteiger partial charge is 0.224 e. The molecule has 8 aromatic carbocycles. The lowest BCUT2D eigenvalue weighted by Crippen LogP contribution is -2.00. The highest BCUT2D eigenvalue weighted by molar-refractivity contribution is 6.35. The molecule has 0 fully saturated rings. The van der Waals surface area contributed by atoms with Crippen LogP contribution in [0.3, 0.4) is 0 Å². The zero-order valence-corrected chi connectivity index (χ0v) is 34.6. The normalized spacial score (nSPS) is 11.2. The summed E-state index contributed by atoms with van der Waals surface area (Å²) in [5.74, 6) is 0.796. The van der Waals surface area contributed by atoms with Crippen molar-refractivity contribution >= 4 is 100 Å². The average Bonchev–Trinajstić information content (AvgIpc) is 3.85. The Hall–Kier alpha value is -7.09. The first-order valence-corrected chi connectivity index (χ1v) is 20.8. The molecule has 1 N–H and O–H groups in total. The predicted octanol–water partition coefficient (Wildman–Crippen LogP) is 15.0. The standard InChI is InChI=1S/C26H16ClN3.C18H13N.C8H4Cl2N2/c27-26-28-22-12-6-4-11-20(22)25(29-26)30-23-13-7-5-10-19(23)21-16-18(14-15-24(21)30)17-8-2-1-3-9-17;1-2-6-13(7-3-1)14-10-11-18-16(12-14)15-8-4-5-9-17(15)19-18;9-7-5-3-1-2-4-6(5)11-8(10)12-7/h1-16H;1-12,19H;1-4H. The number of aromatic nitrogens is 6. The van der Waals surface area contributed by atoms with Crippen molar-refractivity contribution in [3.8, 4) is 28.1 Å². The maximum absolute atomic E-state index is 6.31. The number of nitrogens with one attached hydrogen (secondary N) is 1. The highest BCUT2D eigenvalue weighted by Gasteiger charge is 2.17. The third-order valence-electron chi connectivity index (χ3n) is 10.7. The molecular weight excluding hydrogens is 815 g/mol. The van der Waals surface area contributed by atoms with Gasteiger partial charge in [-0.25, -0.2) is 15.0 Å². The highest BCUT2D eigenvalue weighted by atomic mass is 35.5. The lowest BCUT2D eigenvalue weighted by Gasteiger charge is -2.10. The lowest BCUT2D eigenvalue weighted by atomic mass is 10.0. The molecule has 0 saturated heterocycles. The van der Waals surface area contributed by atoms with Crippen molar-refractivity contribution in [2.45, 2.75) is 0 Å². The molecule has 0 spiro atoms. The second-order valence-electron chi connectivity index (χ2n) is 14.4. The van der Waals surface area contributed by atoms with Gasteiger partial charge in [-0.1, -0.05) is 145 Å². The van der Waals surface area contributed by atoms with Crippen molar-refractivity contribution in [3.63, 3.8) is 0 Å². The van der Waals surface area contributed by atoms with Gasteiger partial charge < -0.3 is 4.98 Å². The van der Waals surface area contributed by atoms with Crippen molar-refractivity contribution < 1.29 is 0 Å². The fourth-order valence-electron chi connectivity index (χ4n) is 7.88. The van der Waals surface area contributed by atoms with Crippen LogP contribution in [0.2, 0.25) is 15.7 Å². The van der Waals surface area contributed by atoms with Gasteiger partial charge in [0.05, 0.1) is 22.1 Å². The highest BCUT2D eigenvalue weighted by Crippen LogP contribution is 2.36. The Labute approximate surface area is 365 Å². The molecule has 0 atom stereocenters. The number of nitrogens with zero attached hydrogens (tertiary/aromatic N) is 5. The third kappa shape index (κ3) is 7.53. The molecule has 292 valence electrons. The van der Waals surface area contributed by atoms with Gasteiger partial charge in [-0.05, 0) is 106 Å². The minimum atomic E-state index is 0.179. The minimum Gasteiger partial charge on any atom is -0.355 e. The number of aromatic amines is 1. The van der Waals surface area contributed by atoms with E-state index < -0.39 is 0 Å². The van der Waals surface area contributed by atoms with Crippen molar-refractivity contribution in [3.05, 3.63) is 210 Å². The summed E-state index contributed by atoms with van der Waals surface area (Å²) in [6, 6.07) is 66.4. The molecule has 0 unspecified atom stereocenters. The second-order valence-corrected chi connectivity index (χ2v) is 15.4. The molecule has 0 saturated carbocycles. The number of benzene rings is 8. The van der Waals surface area contributed by atoms with E-state index in [1.807, 2.05) is 60.7 Å². The van der Waals surface area contributed by atoms with E-state index in [1.165, 1.54) is 54.8 Å². The van der Waals surface area contributed by atoms with Crippen LogP contribution in [0.25, 0.3) is 93.5 Å². The molecule has 4 aromatic heterocycles. The molecule has 12 aromatic rings. The van der Waals surface area contributed by atoms with Crippen LogP contribution in [0.15, 0.2) is 194 Å². The molecule has 6 nitrogen and oxygen atoms in total. The SMILES string of the molecule is Clc1nc(-n2c3ccccc3c3cc(-c4ccccc4)ccc32)c2ccccc2n1.Clc1nc(Cl)c2ccccc2n1.c1ccc(-c2ccc3[nH]c4ccccc4c3c2)cc1. The number of para-hydroxylation sites is 4. The first-order chi connectivity index (χ1) is 30.0. The van der Waals surface area contributed by atoms with Crippen LogP contribution in [0.4, 0.5) is 0 Å². The van der Waals surface area contributed by atoms with E-state index in [9.17, 15) is 0 Å². The molecule has 4 heterocycles. The molecule has 9 heteroatoms. The second kappa shape index (κ2) is 16.5. The maximum Gasteiger partial charge on any atom is 0.224 e. The van der Waals surface area contributed by atoms with Crippen LogP contribution in [0.1, 0.15) is 0 Å². The van der Waals surface area contributed by atoms with E-state index in [0.29, 0.717) is 5.15 Å². The van der Waals surface area contributed by atoms with E-state index in [1.54, 1.807) is 0 Å². The zero-order chi connectivity index (χ0) is 41.3. The van der Waals surface area contributed by atoms with Gasteiger partial charge in [0.25, 0.3) is 0 Å². The molecule has 0 amide bonds. The first-order valence-electron chi connectivity index (χ1n) is 19.6. The van der Waals surface area contributed by atoms with Gasteiger partial charge in [0.2, 0.25) is 10.6 Å². The number of hydrogen-bond donors (Lipinski definition) is 1. The third-order valence-corrected chi connectivity index (χ3v) is 11.3. The van der Waals surface area contributed by atoms with Crippen molar-refractivity contribution in [2.24, 2.45) is 0 Å². The summed E-state index contributed by atoms with van der Waals surface area (Å²) in [6.07, 6.45) is 0. The maximum atomic E-state index is 6.31. The predicted molar refractivity (Wildman–Crippen MR) is 255 cm³/mol. The van der Waals surface area contributed by atoms with Gasteiger partial charge in [-0.2, -0.15) is 4.98 Å². The largest absolute Gasteiger partial charge is 0.355 e. The van der Waals surface area contributed by atoms with Gasteiger partial charge in [-0.15, -0.1) is 0 Å². The van der Waals surface area contributed by atoms with Crippen LogP contribution in [-0.2, 0) is 0 Å². The zero-order valence-electron chi connectivity index (χ0n) is 32.3. The van der Waals surface area contributed by atoms with Gasteiger partial charge in [0.15, 0.2) is 5.82 Å². The topological polar surface area (TPSA) is 72.3 Å². The summed E-state index contributed by atoms with van der Waals surface area (Å²) >= 11 is 17.8. The van der Waals surface area contributed by atoms with Crippen molar-refractivity contribution in [1.29, 1.82) is 0 Å². The molecule has 0 aliphatic carbocycles. The molecule has 0 radical (unpaired) electrons. The average molecular weight is 848 g/mol. The van der Waals surface area contributed by atoms with Crippen LogP contribution >= 0.6 is 34.8 Å². The molecule has 0 aliphatic rings. The van der Waals surface area contributed by atoms with Crippen molar-refractivity contribution in [2.75, 3.05) is 0 Å². The summed E-state index contributed by atoms with van der Waals surface area (Å²) < 4.78 is 2.19. The lowest BCUT2D eigenvalue weighted by molar-refractivity contribution is 1.07. The molecular formula is C52H33Cl3N6. The Balaban J connectivity index is 0.000000122. The number of hydrogen-bond acceptors (Lipinski definition) is 4. The molecule has 12 rings (SSSR count). The number of halogens is 3. The Morgan fingerprint density at radius 1 is 0.344 bits per heavy atom. The number of H-pyrrole nitrogens is 1. The number of rotatable bonds is 3. The summed E-state index contributed by atoms with van der Waals surface area (Å²) in [7, 11) is 0. The van der Waals surface area contributed by atoms with Gasteiger partial charge >= 0.3 is 0 Å². The summed E-state index contributed by atoms with van der Waals surface area (Å²) in [6.45, 7) is 0. The fraction of sp³-hybridized carbons (Fsp3) is 0. The van der Waals surface area contributed by atoms with Gasteiger partial charge in [-0.3, -0.25) is 4.57 Å². The van der Waals surface area contributed by atoms with Crippen LogP contribution in [-0.4, -0.2) is 29.5 Å². The van der Waals surface area contributed by atoms with Crippen LogP contribution in [0, 0.1) is 0 Å². The molecule has 0 bridgehead atoms. The van der Waals surface area contributed by atoms with Crippen molar-refractivity contribution in [1.82, 2.24) is 29.5 Å². The van der Waals surface area contributed by atoms with E-state index in [0.717, 1.165) is 38.7 Å². The van der Waals surface area contributed by atoms with Gasteiger partial charge in [0, 0.05) is 43.4 Å². The van der Waals surface area contributed by atoms with E-state index in [2.05, 4.69) is 163 Å². The van der Waals surface area contributed by atoms with E-state index in [4.69, 9.17) is 34.8 Å². The van der Waals surface area contributed by atoms with E-state index >= 15 is 0 Å². The Kier molecular flexibility index (Phi) is 10.3. The monoisotopic (exact) mass is 846 g/mol. The Morgan fingerprint density at radius 2 is 0.836 bits per heavy atom. The summed E-state index contributed by atoms with van der Waals surface area (Å²) in [5, 5.41) is 7.56. The number of fused-ring (bicyclic) bond motifs is 8. The fourth-order valence-corrected chi connectivity index (χ4v) is 8.51. The molecule has 61 heavy (non-hydrogen) atoms. The quantitative estimate of drug-likeness (QED) is 0.142. The first kappa shape index (κ1) is 38.1. The van der Waals surface area contributed by atoms with Crippen LogP contribution < -0.4 is 0 Å².